The summed E-state index contributed by atoms with van der Waals surface area (Å²) < 4.78 is 0. The zero-order chi connectivity index (χ0) is 17.8. The van der Waals surface area contributed by atoms with Gasteiger partial charge in [0.25, 0.3) is 0 Å². The fraction of sp³-hybridized carbons (Fsp3) is 0.125. The molecule has 0 heterocycles. The van der Waals surface area contributed by atoms with Crippen LogP contribution in [-0.4, -0.2) is 5.78 Å². The summed E-state index contributed by atoms with van der Waals surface area (Å²) >= 11 is 1.70. The number of carbonyl (C=O) groups is 1. The summed E-state index contributed by atoms with van der Waals surface area (Å²) in [5, 5.41) is 2.71. The van der Waals surface area contributed by atoms with Crippen molar-refractivity contribution in [3.63, 3.8) is 0 Å². The summed E-state index contributed by atoms with van der Waals surface area (Å²) in [5.41, 5.74) is 2.58. The molecule has 1 aliphatic carbocycles. The van der Waals surface area contributed by atoms with Crippen molar-refractivity contribution in [1.82, 2.24) is 0 Å². The lowest BCUT2D eigenvalue weighted by Gasteiger charge is -2.21. The summed E-state index contributed by atoms with van der Waals surface area (Å²) in [4.78, 5) is 13.2. The van der Waals surface area contributed by atoms with Crippen molar-refractivity contribution in [3.05, 3.63) is 107 Å². The van der Waals surface area contributed by atoms with E-state index in [2.05, 4.69) is 66.7 Å². The SMILES string of the molecule is O=C1CC=CC=C1SC(Cc1ccccc1)c1cccc2ccccc12. The first-order chi connectivity index (χ1) is 12.8. The Morgan fingerprint density at radius 1 is 0.885 bits per heavy atom. The van der Waals surface area contributed by atoms with Gasteiger partial charge in [-0.15, -0.1) is 11.8 Å². The predicted molar refractivity (Wildman–Crippen MR) is 111 cm³/mol. The molecule has 0 aliphatic heterocycles. The fourth-order valence-electron chi connectivity index (χ4n) is 3.36. The molecular weight excluding hydrogens is 336 g/mol. The normalized spacial score (nSPS) is 15.1. The Morgan fingerprint density at radius 2 is 1.65 bits per heavy atom. The topological polar surface area (TPSA) is 17.1 Å². The van der Waals surface area contributed by atoms with Crippen LogP contribution >= 0.6 is 11.8 Å². The van der Waals surface area contributed by atoms with Crippen LogP contribution in [0.25, 0.3) is 10.8 Å². The standard InChI is InChI=1S/C24H20OS/c25-22-15-6-7-16-23(22)26-24(17-18-9-2-1-3-10-18)21-14-8-12-19-11-4-5-13-20(19)21/h1-14,16,24H,15,17H2. The van der Waals surface area contributed by atoms with Gasteiger partial charge in [0.15, 0.2) is 5.78 Å². The molecule has 1 aliphatic rings. The zero-order valence-corrected chi connectivity index (χ0v) is 15.3. The van der Waals surface area contributed by atoms with E-state index in [9.17, 15) is 4.79 Å². The Kier molecular flexibility index (Phi) is 5.03. The van der Waals surface area contributed by atoms with Crippen molar-refractivity contribution in [2.24, 2.45) is 0 Å². The maximum absolute atomic E-state index is 12.3. The Hall–Kier alpha value is -2.58. The molecule has 1 nitrogen and oxygen atoms in total. The minimum atomic E-state index is 0.199. The number of ketones is 1. The molecule has 1 atom stereocenters. The Balaban J connectivity index is 1.75. The molecule has 0 saturated carbocycles. The highest BCUT2D eigenvalue weighted by atomic mass is 32.2. The number of benzene rings is 3. The molecule has 0 spiro atoms. The van der Waals surface area contributed by atoms with Crippen molar-refractivity contribution in [3.8, 4) is 0 Å². The molecule has 0 saturated heterocycles. The van der Waals surface area contributed by atoms with Gasteiger partial charge in [-0.3, -0.25) is 4.79 Å². The van der Waals surface area contributed by atoms with Gasteiger partial charge in [0.2, 0.25) is 0 Å². The monoisotopic (exact) mass is 356 g/mol. The van der Waals surface area contributed by atoms with Crippen molar-refractivity contribution < 1.29 is 4.79 Å². The van der Waals surface area contributed by atoms with E-state index in [0.29, 0.717) is 6.42 Å². The smallest absolute Gasteiger partial charge is 0.172 e. The maximum atomic E-state index is 12.3. The largest absolute Gasteiger partial charge is 0.293 e. The first-order valence-corrected chi connectivity index (χ1v) is 9.77. The Bertz CT molecular complexity index is 980. The average Bonchev–Trinajstić information content (AvgIpc) is 2.69. The second kappa shape index (κ2) is 7.76. The van der Waals surface area contributed by atoms with Gasteiger partial charge >= 0.3 is 0 Å². The lowest BCUT2D eigenvalue weighted by atomic mass is 9.98. The first kappa shape index (κ1) is 16.9. The van der Waals surface area contributed by atoms with Crippen molar-refractivity contribution >= 4 is 28.3 Å². The molecule has 128 valence electrons. The molecule has 0 N–H and O–H groups in total. The number of rotatable bonds is 5. The lowest BCUT2D eigenvalue weighted by Crippen LogP contribution is -2.06. The molecule has 0 fully saturated rings. The summed E-state index contributed by atoms with van der Waals surface area (Å²) in [7, 11) is 0. The van der Waals surface area contributed by atoms with Crippen LogP contribution in [0.5, 0.6) is 0 Å². The molecule has 3 aromatic rings. The summed E-state index contributed by atoms with van der Waals surface area (Å²) in [6.45, 7) is 0. The minimum absolute atomic E-state index is 0.199. The Labute approximate surface area is 158 Å². The van der Waals surface area contributed by atoms with Crippen LogP contribution in [0.15, 0.2) is 95.9 Å². The third-order valence-corrected chi connectivity index (χ3v) is 5.99. The molecule has 0 aromatic heterocycles. The number of Topliss-reactive ketones (excluding diaryl/α,β-unsaturated/α-hetero) is 1. The number of carbonyl (C=O) groups excluding carboxylic acids is 1. The van der Waals surface area contributed by atoms with Gasteiger partial charge in [0.1, 0.15) is 0 Å². The van der Waals surface area contributed by atoms with E-state index in [1.807, 2.05) is 24.3 Å². The average molecular weight is 356 g/mol. The van der Waals surface area contributed by atoms with E-state index in [1.165, 1.54) is 21.9 Å². The van der Waals surface area contributed by atoms with E-state index >= 15 is 0 Å². The van der Waals surface area contributed by atoms with E-state index in [-0.39, 0.29) is 11.0 Å². The summed E-state index contributed by atoms with van der Waals surface area (Å²) in [6.07, 6.45) is 7.28. The fourth-order valence-corrected chi connectivity index (χ4v) is 4.64. The van der Waals surface area contributed by atoms with Gasteiger partial charge < -0.3 is 0 Å². The van der Waals surface area contributed by atoms with Crippen molar-refractivity contribution in [2.45, 2.75) is 18.1 Å². The third kappa shape index (κ3) is 3.66. The minimum Gasteiger partial charge on any atom is -0.293 e. The summed E-state index contributed by atoms with van der Waals surface area (Å²) in [5.74, 6) is 0.218. The van der Waals surface area contributed by atoms with Crippen LogP contribution in [0.2, 0.25) is 0 Å². The molecule has 26 heavy (non-hydrogen) atoms. The first-order valence-electron chi connectivity index (χ1n) is 8.89. The molecule has 0 amide bonds. The molecule has 2 heteroatoms. The quantitative estimate of drug-likeness (QED) is 0.536. The molecule has 0 bridgehead atoms. The van der Waals surface area contributed by atoms with Gasteiger partial charge in [-0.25, -0.2) is 0 Å². The van der Waals surface area contributed by atoms with Crippen LogP contribution < -0.4 is 0 Å². The highest BCUT2D eigenvalue weighted by molar-refractivity contribution is 8.04. The van der Waals surface area contributed by atoms with Crippen LogP contribution in [0.3, 0.4) is 0 Å². The number of allylic oxidation sites excluding steroid dienone is 4. The van der Waals surface area contributed by atoms with Gasteiger partial charge in [-0.1, -0.05) is 84.9 Å². The number of hydrogen-bond acceptors (Lipinski definition) is 2. The van der Waals surface area contributed by atoms with E-state index < -0.39 is 0 Å². The maximum Gasteiger partial charge on any atom is 0.172 e. The van der Waals surface area contributed by atoms with Crippen LogP contribution in [-0.2, 0) is 11.2 Å². The van der Waals surface area contributed by atoms with Crippen LogP contribution in [0.1, 0.15) is 22.8 Å². The highest BCUT2D eigenvalue weighted by Crippen LogP contribution is 2.41. The van der Waals surface area contributed by atoms with E-state index in [1.54, 1.807) is 11.8 Å². The van der Waals surface area contributed by atoms with Gasteiger partial charge in [-0.05, 0) is 34.4 Å². The molecule has 0 radical (unpaired) electrons. The van der Waals surface area contributed by atoms with Crippen LogP contribution in [0, 0.1) is 0 Å². The van der Waals surface area contributed by atoms with Crippen molar-refractivity contribution in [1.29, 1.82) is 0 Å². The zero-order valence-electron chi connectivity index (χ0n) is 14.5. The molecule has 4 rings (SSSR count). The molecule has 3 aromatic carbocycles. The predicted octanol–water partition coefficient (Wildman–Crippen LogP) is 6.27. The van der Waals surface area contributed by atoms with Crippen LogP contribution in [0.4, 0.5) is 0 Å². The number of fused-ring (bicyclic) bond motifs is 1. The third-order valence-electron chi connectivity index (χ3n) is 4.67. The highest BCUT2D eigenvalue weighted by Gasteiger charge is 2.21. The molecule has 1 unspecified atom stereocenters. The second-order valence-electron chi connectivity index (χ2n) is 6.45. The lowest BCUT2D eigenvalue weighted by molar-refractivity contribution is -0.114. The van der Waals surface area contributed by atoms with Crippen molar-refractivity contribution in [2.75, 3.05) is 0 Å². The van der Waals surface area contributed by atoms with Gasteiger partial charge in [0, 0.05) is 11.7 Å². The van der Waals surface area contributed by atoms with Gasteiger partial charge in [-0.2, -0.15) is 0 Å². The van der Waals surface area contributed by atoms with E-state index in [4.69, 9.17) is 0 Å². The Morgan fingerprint density at radius 3 is 2.50 bits per heavy atom. The number of hydrogen-bond donors (Lipinski definition) is 0. The summed E-state index contributed by atoms with van der Waals surface area (Å²) in [6, 6.07) is 25.5. The van der Waals surface area contributed by atoms with Gasteiger partial charge in [0.05, 0.1) is 4.91 Å². The second-order valence-corrected chi connectivity index (χ2v) is 7.70. The number of thioether (sulfide) groups is 1. The van der Waals surface area contributed by atoms with E-state index in [0.717, 1.165) is 11.3 Å². The molecular formula is C24H20OS.